The molecule has 0 bridgehead atoms. The summed E-state index contributed by atoms with van der Waals surface area (Å²) in [6, 6.07) is 8.65. The molecule has 1 saturated heterocycles. The Morgan fingerprint density at radius 3 is 2.28 bits per heavy atom. The average Bonchev–Trinajstić information content (AvgIpc) is 2.38. The van der Waals surface area contributed by atoms with Gasteiger partial charge in [-0.05, 0) is 0 Å². The van der Waals surface area contributed by atoms with Crippen molar-refractivity contribution in [1.82, 2.24) is 4.90 Å². The molecular weight excluding hydrogens is 256 g/mol. The van der Waals surface area contributed by atoms with E-state index in [4.69, 9.17) is 12.2 Å². The first kappa shape index (κ1) is 13.1. The second-order valence-electron chi connectivity index (χ2n) is 4.34. The van der Waals surface area contributed by atoms with Crippen LogP contribution in [0.4, 0.5) is 8.78 Å². The van der Waals surface area contributed by atoms with Crippen LogP contribution in [-0.2, 0) is 0 Å². The zero-order valence-electron chi connectivity index (χ0n) is 9.73. The minimum Gasteiger partial charge on any atom is -0.359 e. The number of thiocarbonyl (C=S) groups is 1. The third-order valence-electron chi connectivity index (χ3n) is 3.01. The molecule has 0 spiro atoms. The molecule has 1 aliphatic rings. The number of rotatable bonds is 2. The zero-order valence-corrected chi connectivity index (χ0v) is 10.6. The van der Waals surface area contributed by atoms with E-state index in [0.717, 1.165) is 0 Å². The Morgan fingerprint density at radius 1 is 1.17 bits per heavy atom. The van der Waals surface area contributed by atoms with Gasteiger partial charge in [0.15, 0.2) is 4.99 Å². The van der Waals surface area contributed by atoms with Crippen LogP contribution >= 0.6 is 12.2 Å². The van der Waals surface area contributed by atoms with Crippen molar-refractivity contribution in [3.05, 3.63) is 35.9 Å². The maximum Gasteiger partial charge on any atom is 0.251 e. The molecule has 0 aliphatic carbocycles. The number of carbonyl (C=O) groups excluding carboxylic acids is 1. The van der Waals surface area contributed by atoms with Crippen LogP contribution in [0.2, 0.25) is 0 Å². The zero-order chi connectivity index (χ0) is 13.2. The molecule has 96 valence electrons. The number of alkyl halides is 2. The molecule has 1 aromatic carbocycles. The van der Waals surface area contributed by atoms with Gasteiger partial charge in [0.2, 0.25) is 5.78 Å². The number of likely N-dealkylation sites (tertiary alicyclic amines) is 1. The number of hydrogen-bond acceptors (Lipinski definition) is 2. The highest BCUT2D eigenvalue weighted by Gasteiger charge is 2.35. The molecule has 5 heteroatoms. The van der Waals surface area contributed by atoms with E-state index in [2.05, 4.69) is 0 Å². The summed E-state index contributed by atoms with van der Waals surface area (Å²) in [6.07, 6.45) is -0.482. The van der Waals surface area contributed by atoms with Gasteiger partial charge < -0.3 is 4.90 Å². The molecule has 0 radical (unpaired) electrons. The molecule has 1 heterocycles. The maximum atomic E-state index is 13.0. The maximum absolute atomic E-state index is 13.0. The van der Waals surface area contributed by atoms with E-state index in [1.807, 2.05) is 0 Å². The first-order valence-corrected chi connectivity index (χ1v) is 6.17. The number of carbonyl (C=O) groups is 1. The molecule has 2 rings (SSSR count). The number of nitrogens with zero attached hydrogens (tertiary/aromatic N) is 1. The number of benzene rings is 1. The van der Waals surface area contributed by atoms with E-state index in [0.29, 0.717) is 5.56 Å². The fourth-order valence-electron chi connectivity index (χ4n) is 1.89. The summed E-state index contributed by atoms with van der Waals surface area (Å²) in [6.45, 7) is 0.287. The summed E-state index contributed by atoms with van der Waals surface area (Å²) in [5, 5.41) is 0. The SMILES string of the molecule is O=C(C(=S)N1CCC(F)(F)CC1)c1ccccc1. The molecule has 1 aliphatic heterocycles. The quantitative estimate of drug-likeness (QED) is 0.608. The van der Waals surface area contributed by atoms with Crippen LogP contribution in [0, 0.1) is 0 Å². The summed E-state index contributed by atoms with van der Waals surface area (Å²) in [5.41, 5.74) is 0.500. The van der Waals surface area contributed by atoms with Crippen LogP contribution in [-0.4, -0.2) is 34.7 Å². The number of halogens is 2. The molecule has 0 atom stereocenters. The van der Waals surface area contributed by atoms with Gasteiger partial charge in [-0.25, -0.2) is 8.78 Å². The lowest BCUT2D eigenvalue weighted by Crippen LogP contribution is -2.44. The third-order valence-corrected chi connectivity index (χ3v) is 3.46. The van der Waals surface area contributed by atoms with Gasteiger partial charge >= 0.3 is 0 Å². The minimum absolute atomic E-state index is 0.136. The summed E-state index contributed by atoms with van der Waals surface area (Å²) in [4.78, 5) is 13.7. The van der Waals surface area contributed by atoms with Crippen molar-refractivity contribution in [2.24, 2.45) is 0 Å². The van der Waals surface area contributed by atoms with Crippen LogP contribution in [0.1, 0.15) is 23.2 Å². The van der Waals surface area contributed by atoms with Crippen molar-refractivity contribution >= 4 is 23.0 Å². The van der Waals surface area contributed by atoms with Gasteiger partial charge in [0.05, 0.1) is 0 Å². The van der Waals surface area contributed by atoms with E-state index in [1.54, 1.807) is 35.2 Å². The third kappa shape index (κ3) is 2.90. The Labute approximate surface area is 110 Å². The average molecular weight is 269 g/mol. The van der Waals surface area contributed by atoms with E-state index in [-0.39, 0.29) is 36.7 Å². The van der Waals surface area contributed by atoms with Crippen LogP contribution in [0.15, 0.2) is 30.3 Å². The second kappa shape index (κ2) is 5.10. The van der Waals surface area contributed by atoms with Crippen molar-refractivity contribution in [3.63, 3.8) is 0 Å². The monoisotopic (exact) mass is 269 g/mol. The van der Waals surface area contributed by atoms with E-state index < -0.39 is 5.92 Å². The fraction of sp³-hybridized carbons (Fsp3) is 0.385. The van der Waals surface area contributed by atoms with Gasteiger partial charge in [-0.1, -0.05) is 42.5 Å². The second-order valence-corrected chi connectivity index (χ2v) is 4.73. The largest absolute Gasteiger partial charge is 0.359 e. The lowest BCUT2D eigenvalue weighted by molar-refractivity contribution is -0.0431. The summed E-state index contributed by atoms with van der Waals surface area (Å²) in [5.74, 6) is -2.89. The Morgan fingerprint density at radius 2 is 1.72 bits per heavy atom. The Bertz CT molecular complexity index is 451. The van der Waals surface area contributed by atoms with Crippen molar-refractivity contribution in [2.75, 3.05) is 13.1 Å². The molecule has 0 aromatic heterocycles. The van der Waals surface area contributed by atoms with Crippen molar-refractivity contribution < 1.29 is 13.6 Å². The molecule has 1 aromatic rings. The van der Waals surface area contributed by atoms with Crippen molar-refractivity contribution in [1.29, 1.82) is 0 Å². The van der Waals surface area contributed by atoms with Gasteiger partial charge in [0.25, 0.3) is 5.92 Å². The van der Waals surface area contributed by atoms with E-state index in [1.165, 1.54) is 0 Å². The summed E-state index contributed by atoms with van der Waals surface area (Å²) < 4.78 is 26.0. The molecular formula is C13H13F2NOS. The molecule has 18 heavy (non-hydrogen) atoms. The van der Waals surface area contributed by atoms with Crippen molar-refractivity contribution in [3.8, 4) is 0 Å². The minimum atomic E-state index is -2.62. The fourth-order valence-corrected chi connectivity index (χ4v) is 2.19. The first-order valence-electron chi connectivity index (χ1n) is 5.76. The highest BCUT2D eigenvalue weighted by atomic mass is 32.1. The number of piperidine rings is 1. The van der Waals surface area contributed by atoms with Crippen LogP contribution in [0.3, 0.4) is 0 Å². The lowest BCUT2D eigenvalue weighted by Gasteiger charge is -2.32. The number of ketones is 1. The Hall–Kier alpha value is -1.36. The Kier molecular flexibility index (Phi) is 3.71. The van der Waals surface area contributed by atoms with E-state index in [9.17, 15) is 13.6 Å². The topological polar surface area (TPSA) is 20.3 Å². The first-order chi connectivity index (χ1) is 8.49. The standard InChI is InChI=1S/C13H13F2NOS/c14-13(15)6-8-16(9-7-13)12(18)11(17)10-4-2-1-3-5-10/h1-5H,6-9H2. The lowest BCUT2D eigenvalue weighted by atomic mass is 10.1. The molecule has 0 amide bonds. The molecule has 2 nitrogen and oxygen atoms in total. The molecule has 1 fully saturated rings. The van der Waals surface area contributed by atoms with Gasteiger partial charge in [0, 0.05) is 31.5 Å². The highest BCUT2D eigenvalue weighted by molar-refractivity contribution is 7.82. The predicted molar refractivity (Wildman–Crippen MR) is 69.1 cm³/mol. The Balaban J connectivity index is 2.03. The summed E-state index contributed by atoms with van der Waals surface area (Å²) in [7, 11) is 0. The predicted octanol–water partition coefficient (Wildman–Crippen LogP) is 2.93. The van der Waals surface area contributed by atoms with Crippen LogP contribution in [0.5, 0.6) is 0 Å². The van der Waals surface area contributed by atoms with Gasteiger partial charge in [0.1, 0.15) is 0 Å². The van der Waals surface area contributed by atoms with Crippen LogP contribution < -0.4 is 0 Å². The van der Waals surface area contributed by atoms with Gasteiger partial charge in [-0.2, -0.15) is 0 Å². The van der Waals surface area contributed by atoms with Crippen molar-refractivity contribution in [2.45, 2.75) is 18.8 Å². The smallest absolute Gasteiger partial charge is 0.251 e. The highest BCUT2D eigenvalue weighted by Crippen LogP contribution is 2.28. The number of Topliss-reactive ketones (excluding diaryl/α,β-unsaturated/α-hetero) is 1. The van der Waals surface area contributed by atoms with Gasteiger partial charge in [-0.3, -0.25) is 4.79 Å². The van der Waals surface area contributed by atoms with Crippen LogP contribution in [0.25, 0.3) is 0 Å². The molecule has 0 N–H and O–H groups in total. The number of hydrogen-bond donors (Lipinski definition) is 0. The van der Waals surface area contributed by atoms with Gasteiger partial charge in [-0.15, -0.1) is 0 Å². The van der Waals surface area contributed by atoms with E-state index >= 15 is 0 Å². The molecule has 0 saturated carbocycles. The molecule has 0 unspecified atom stereocenters. The summed E-state index contributed by atoms with van der Waals surface area (Å²) >= 11 is 5.09. The normalized spacial score (nSPS) is 18.4.